The molecule has 0 bridgehead atoms. The quantitative estimate of drug-likeness (QED) is 0.493. The van der Waals surface area contributed by atoms with E-state index in [0.29, 0.717) is 23.5 Å². The number of aromatic nitrogens is 2. The molecule has 3 rings (SSSR count). The highest BCUT2D eigenvalue weighted by Crippen LogP contribution is 2.35. The maximum atomic E-state index is 12.1. The molecule has 2 aliphatic carbocycles. The van der Waals surface area contributed by atoms with Crippen LogP contribution in [0.15, 0.2) is 17.7 Å². The van der Waals surface area contributed by atoms with E-state index in [2.05, 4.69) is 9.97 Å². The van der Waals surface area contributed by atoms with Crippen molar-refractivity contribution in [1.29, 1.82) is 0 Å². The topological polar surface area (TPSA) is 106 Å². The summed E-state index contributed by atoms with van der Waals surface area (Å²) in [5, 5.41) is 10.8. The first-order valence-corrected chi connectivity index (χ1v) is 6.27. The maximum Gasteiger partial charge on any atom is 0.251 e. The van der Waals surface area contributed by atoms with Crippen LogP contribution in [0.3, 0.4) is 0 Å². The molecule has 1 aromatic rings. The van der Waals surface area contributed by atoms with Gasteiger partial charge in [0, 0.05) is 35.0 Å². The van der Waals surface area contributed by atoms with E-state index in [1.54, 1.807) is 6.08 Å². The molecule has 0 fully saturated rings. The summed E-state index contributed by atoms with van der Waals surface area (Å²) in [5.74, 6) is -0.768. The van der Waals surface area contributed by atoms with Gasteiger partial charge in [0.2, 0.25) is 11.8 Å². The fraction of sp³-hybridized carbons (Fsp3) is 0.308. The first-order valence-electron chi connectivity index (χ1n) is 6.27. The van der Waals surface area contributed by atoms with Crippen molar-refractivity contribution in [1.82, 2.24) is 9.97 Å². The van der Waals surface area contributed by atoms with E-state index in [4.69, 9.17) is 0 Å². The van der Waals surface area contributed by atoms with E-state index < -0.39 is 22.5 Å². The van der Waals surface area contributed by atoms with Crippen molar-refractivity contribution in [3.05, 3.63) is 45.1 Å². The maximum absolute atomic E-state index is 12.1. The van der Waals surface area contributed by atoms with Gasteiger partial charge in [-0.2, -0.15) is 0 Å². The van der Waals surface area contributed by atoms with Crippen molar-refractivity contribution in [2.45, 2.75) is 25.8 Å². The zero-order valence-electron chi connectivity index (χ0n) is 10.7. The van der Waals surface area contributed by atoms with E-state index in [1.807, 2.05) is 6.92 Å². The summed E-state index contributed by atoms with van der Waals surface area (Å²) in [4.78, 5) is 41.6. The second kappa shape index (κ2) is 4.22. The number of aromatic amines is 1. The summed E-state index contributed by atoms with van der Waals surface area (Å²) >= 11 is 0. The Bertz CT molecular complexity index is 711. The number of hydrogen-bond donors (Lipinski definition) is 1. The molecule has 102 valence electrons. The smallest absolute Gasteiger partial charge is 0.251 e. The van der Waals surface area contributed by atoms with Crippen molar-refractivity contribution in [2.24, 2.45) is 0 Å². The molecule has 0 aliphatic heterocycles. The van der Waals surface area contributed by atoms with Crippen molar-refractivity contribution in [2.75, 3.05) is 0 Å². The number of rotatable bonds is 2. The number of allylic oxidation sites excluding steroid dienone is 2. The van der Waals surface area contributed by atoms with Gasteiger partial charge in [0.1, 0.15) is 17.2 Å². The largest absolute Gasteiger partial charge is 0.339 e. The van der Waals surface area contributed by atoms with E-state index in [9.17, 15) is 19.7 Å². The van der Waals surface area contributed by atoms with Gasteiger partial charge >= 0.3 is 0 Å². The molecule has 1 atom stereocenters. The van der Waals surface area contributed by atoms with Gasteiger partial charge in [-0.1, -0.05) is 13.0 Å². The van der Waals surface area contributed by atoms with Crippen LogP contribution in [0.2, 0.25) is 0 Å². The standard InChI is InChI=1S/C13H11N3O4/c1-2-9-14-10-7-4-3-6(16(19)20)5-8(7)12(17)13(18)11(10)15-9/h4-6H,2-3H2,1H3,(H,14,15). The lowest BCUT2D eigenvalue weighted by molar-refractivity contribution is -0.508. The second-order valence-electron chi connectivity index (χ2n) is 4.71. The molecule has 0 radical (unpaired) electrons. The summed E-state index contributed by atoms with van der Waals surface area (Å²) in [6.07, 6.45) is 3.68. The van der Waals surface area contributed by atoms with Gasteiger partial charge in [0.15, 0.2) is 0 Å². The SMILES string of the molecule is CCc1nc2c([nH]1)C(=O)C(=O)C1=CC([N+](=O)[O-])CC=C12. The van der Waals surface area contributed by atoms with Crippen LogP contribution in [0.1, 0.15) is 35.4 Å². The average molecular weight is 273 g/mol. The van der Waals surface area contributed by atoms with Crippen molar-refractivity contribution in [3.8, 4) is 0 Å². The summed E-state index contributed by atoms with van der Waals surface area (Å²) in [7, 11) is 0. The lowest BCUT2D eigenvalue weighted by Gasteiger charge is -2.19. The first kappa shape index (κ1) is 12.5. The number of fused-ring (bicyclic) bond motifs is 3. The van der Waals surface area contributed by atoms with Gasteiger partial charge in [0.25, 0.3) is 5.78 Å². The number of nitrogens with one attached hydrogen (secondary N) is 1. The van der Waals surface area contributed by atoms with Gasteiger partial charge < -0.3 is 4.98 Å². The molecule has 1 heterocycles. The van der Waals surface area contributed by atoms with Crippen LogP contribution in [0.25, 0.3) is 5.57 Å². The number of imidazole rings is 1. The minimum Gasteiger partial charge on any atom is -0.339 e. The number of nitro groups is 1. The van der Waals surface area contributed by atoms with Crippen LogP contribution in [0, 0.1) is 10.1 Å². The predicted octanol–water partition coefficient (Wildman–Crippen LogP) is 1.10. The molecular formula is C13H11N3O4. The molecule has 7 heteroatoms. The van der Waals surface area contributed by atoms with Crippen LogP contribution >= 0.6 is 0 Å². The van der Waals surface area contributed by atoms with E-state index in [1.165, 1.54) is 6.08 Å². The normalized spacial score (nSPS) is 20.9. The highest BCUT2D eigenvalue weighted by atomic mass is 16.6. The molecule has 7 nitrogen and oxygen atoms in total. The molecule has 0 spiro atoms. The number of Topliss-reactive ketones (excluding diaryl/α,β-unsaturated/α-hetero) is 2. The minimum absolute atomic E-state index is 0.101. The van der Waals surface area contributed by atoms with Gasteiger partial charge in [0.05, 0.1) is 0 Å². The third-order valence-electron chi connectivity index (χ3n) is 3.50. The molecule has 0 saturated carbocycles. The summed E-state index contributed by atoms with van der Waals surface area (Å²) in [6, 6.07) is -0.961. The van der Waals surface area contributed by atoms with E-state index in [-0.39, 0.29) is 17.7 Å². The highest BCUT2D eigenvalue weighted by molar-refractivity contribution is 6.54. The Morgan fingerprint density at radius 3 is 2.80 bits per heavy atom. The Morgan fingerprint density at radius 2 is 2.15 bits per heavy atom. The Labute approximate surface area is 113 Å². The van der Waals surface area contributed by atoms with E-state index >= 15 is 0 Å². The highest BCUT2D eigenvalue weighted by Gasteiger charge is 2.39. The zero-order valence-corrected chi connectivity index (χ0v) is 10.7. The zero-order chi connectivity index (χ0) is 14.4. The predicted molar refractivity (Wildman–Crippen MR) is 68.8 cm³/mol. The average Bonchev–Trinajstić information content (AvgIpc) is 2.88. The fourth-order valence-electron chi connectivity index (χ4n) is 2.45. The monoisotopic (exact) mass is 273 g/mol. The van der Waals surface area contributed by atoms with Crippen LogP contribution in [-0.4, -0.2) is 32.5 Å². The minimum atomic E-state index is -0.961. The molecule has 1 unspecified atom stereocenters. The molecule has 0 amide bonds. The van der Waals surface area contributed by atoms with Gasteiger partial charge in [-0.15, -0.1) is 0 Å². The number of carbonyl (C=O) groups is 2. The van der Waals surface area contributed by atoms with Crippen molar-refractivity contribution < 1.29 is 14.5 Å². The number of carbonyl (C=O) groups excluding carboxylic acids is 2. The number of aryl methyl sites for hydroxylation is 1. The molecule has 20 heavy (non-hydrogen) atoms. The van der Waals surface area contributed by atoms with Crippen LogP contribution in [0.4, 0.5) is 0 Å². The Balaban J connectivity index is 2.16. The third-order valence-corrected chi connectivity index (χ3v) is 3.50. The van der Waals surface area contributed by atoms with Gasteiger partial charge in [-0.25, -0.2) is 4.98 Å². The van der Waals surface area contributed by atoms with Crippen LogP contribution in [-0.2, 0) is 11.2 Å². The Hall–Kier alpha value is -2.57. The summed E-state index contributed by atoms with van der Waals surface area (Å²) < 4.78 is 0. The lowest BCUT2D eigenvalue weighted by atomic mass is 9.83. The molecule has 0 saturated heterocycles. The third kappa shape index (κ3) is 1.63. The number of hydrogen-bond acceptors (Lipinski definition) is 5. The number of ketones is 2. The summed E-state index contributed by atoms with van der Waals surface area (Å²) in [6.45, 7) is 1.88. The molecule has 2 aliphatic rings. The fourth-order valence-corrected chi connectivity index (χ4v) is 2.45. The molecule has 1 aromatic heterocycles. The molecule has 0 aromatic carbocycles. The summed E-state index contributed by atoms with van der Waals surface area (Å²) in [5.41, 5.74) is 1.25. The molecular weight excluding hydrogens is 262 g/mol. The van der Waals surface area contributed by atoms with Crippen LogP contribution < -0.4 is 0 Å². The van der Waals surface area contributed by atoms with Crippen molar-refractivity contribution >= 4 is 17.1 Å². The number of H-pyrrole nitrogens is 1. The van der Waals surface area contributed by atoms with E-state index in [0.717, 1.165) is 0 Å². The lowest BCUT2D eigenvalue weighted by Crippen LogP contribution is -2.29. The second-order valence-corrected chi connectivity index (χ2v) is 4.71. The molecule has 1 N–H and O–H groups in total. The first-order chi connectivity index (χ1) is 9.52. The Morgan fingerprint density at radius 1 is 1.40 bits per heavy atom. The van der Waals surface area contributed by atoms with Crippen LogP contribution in [0.5, 0.6) is 0 Å². The van der Waals surface area contributed by atoms with Gasteiger partial charge in [-0.3, -0.25) is 19.7 Å². The van der Waals surface area contributed by atoms with Gasteiger partial charge in [-0.05, 0) is 0 Å². The van der Waals surface area contributed by atoms with Crippen molar-refractivity contribution in [3.63, 3.8) is 0 Å². The number of nitrogens with zero attached hydrogens (tertiary/aromatic N) is 2. The Kier molecular flexibility index (Phi) is 2.63.